The summed E-state index contributed by atoms with van der Waals surface area (Å²) in [5, 5.41) is 6.65. The van der Waals surface area contributed by atoms with Crippen molar-refractivity contribution in [2.24, 2.45) is 0 Å². The number of nitrogens with one attached hydrogen (secondary N) is 1. The number of aryl methyl sites for hydroxylation is 2. The van der Waals surface area contributed by atoms with Crippen molar-refractivity contribution in [2.45, 2.75) is 26.8 Å². The third-order valence-corrected chi connectivity index (χ3v) is 4.73. The van der Waals surface area contributed by atoms with Crippen molar-refractivity contribution in [1.29, 1.82) is 0 Å². The van der Waals surface area contributed by atoms with Crippen LogP contribution in [0.1, 0.15) is 32.7 Å². The zero-order valence-corrected chi connectivity index (χ0v) is 14.1. The van der Waals surface area contributed by atoms with E-state index in [0.29, 0.717) is 12.2 Å². The topological polar surface area (TPSA) is 49.0 Å². The maximum Gasteiger partial charge on any atom is 0.276 e. The molecule has 23 heavy (non-hydrogen) atoms. The number of H-pyrrole nitrogens is 1. The Bertz CT molecular complexity index is 775. The molecule has 0 bridgehead atoms. The predicted molar refractivity (Wildman–Crippen MR) is 94.0 cm³/mol. The van der Waals surface area contributed by atoms with Crippen LogP contribution in [0.2, 0.25) is 0 Å². The number of hydrogen-bond acceptors (Lipinski definition) is 3. The van der Waals surface area contributed by atoms with Gasteiger partial charge in [-0.3, -0.25) is 9.89 Å². The van der Waals surface area contributed by atoms with E-state index in [2.05, 4.69) is 48.3 Å². The summed E-state index contributed by atoms with van der Waals surface area (Å²) in [6.45, 7) is 4.75. The predicted octanol–water partition coefficient (Wildman–Crippen LogP) is 4.19. The molecule has 0 aliphatic rings. The Morgan fingerprint density at radius 2 is 1.96 bits per heavy atom. The zero-order chi connectivity index (χ0) is 16.2. The molecule has 0 aliphatic heterocycles. The molecule has 1 amide bonds. The first-order chi connectivity index (χ1) is 11.2. The SMILES string of the molecule is CCc1ccc(N(Cc2ccc(C)s2)C(=O)c2ccn[nH]2)cc1. The van der Waals surface area contributed by atoms with Crippen LogP contribution in [0.5, 0.6) is 0 Å². The first kappa shape index (κ1) is 15.5. The van der Waals surface area contributed by atoms with E-state index in [1.54, 1.807) is 28.5 Å². The molecular weight excluding hydrogens is 306 g/mol. The number of thiophene rings is 1. The highest BCUT2D eigenvalue weighted by Crippen LogP contribution is 2.24. The summed E-state index contributed by atoms with van der Waals surface area (Å²) >= 11 is 1.71. The maximum absolute atomic E-state index is 12.8. The average molecular weight is 325 g/mol. The second-order valence-corrected chi connectivity index (χ2v) is 6.77. The van der Waals surface area contributed by atoms with Crippen LogP contribution in [0.15, 0.2) is 48.7 Å². The molecule has 5 heteroatoms. The second-order valence-electron chi connectivity index (χ2n) is 5.39. The van der Waals surface area contributed by atoms with Crippen LogP contribution < -0.4 is 4.90 Å². The van der Waals surface area contributed by atoms with Gasteiger partial charge >= 0.3 is 0 Å². The number of aromatic amines is 1. The van der Waals surface area contributed by atoms with Crippen LogP contribution in [0.3, 0.4) is 0 Å². The molecule has 3 aromatic rings. The Morgan fingerprint density at radius 3 is 2.52 bits per heavy atom. The molecule has 1 aromatic carbocycles. The molecule has 0 atom stereocenters. The van der Waals surface area contributed by atoms with Gasteiger partial charge in [0.15, 0.2) is 0 Å². The van der Waals surface area contributed by atoms with Gasteiger partial charge in [0, 0.05) is 21.6 Å². The number of rotatable bonds is 5. The van der Waals surface area contributed by atoms with E-state index >= 15 is 0 Å². The van der Waals surface area contributed by atoms with Crippen molar-refractivity contribution < 1.29 is 4.79 Å². The summed E-state index contributed by atoms with van der Waals surface area (Å²) in [4.78, 5) is 17.0. The molecule has 118 valence electrons. The summed E-state index contributed by atoms with van der Waals surface area (Å²) in [5.74, 6) is -0.0715. The second kappa shape index (κ2) is 6.79. The number of aromatic nitrogens is 2. The lowest BCUT2D eigenvalue weighted by atomic mass is 10.1. The van der Waals surface area contributed by atoms with E-state index < -0.39 is 0 Å². The van der Waals surface area contributed by atoms with Crippen molar-refractivity contribution in [3.05, 3.63) is 69.7 Å². The Hall–Kier alpha value is -2.40. The van der Waals surface area contributed by atoms with Crippen LogP contribution in [0.25, 0.3) is 0 Å². The highest BCUT2D eigenvalue weighted by atomic mass is 32.1. The summed E-state index contributed by atoms with van der Waals surface area (Å²) in [7, 11) is 0. The highest BCUT2D eigenvalue weighted by molar-refractivity contribution is 7.11. The van der Waals surface area contributed by atoms with Gasteiger partial charge < -0.3 is 4.90 Å². The van der Waals surface area contributed by atoms with Gasteiger partial charge in [-0.25, -0.2) is 0 Å². The first-order valence-corrected chi connectivity index (χ1v) is 8.44. The number of amides is 1. The fourth-order valence-electron chi connectivity index (χ4n) is 2.44. The van der Waals surface area contributed by atoms with Crippen LogP contribution in [-0.2, 0) is 13.0 Å². The first-order valence-electron chi connectivity index (χ1n) is 7.63. The van der Waals surface area contributed by atoms with Crippen molar-refractivity contribution in [3.63, 3.8) is 0 Å². The number of nitrogens with zero attached hydrogens (tertiary/aromatic N) is 2. The lowest BCUT2D eigenvalue weighted by molar-refractivity contribution is 0.0980. The van der Waals surface area contributed by atoms with E-state index in [1.165, 1.54) is 10.4 Å². The van der Waals surface area contributed by atoms with Crippen LogP contribution >= 0.6 is 11.3 Å². The zero-order valence-electron chi connectivity index (χ0n) is 13.2. The fraction of sp³-hybridized carbons (Fsp3) is 0.222. The highest BCUT2D eigenvalue weighted by Gasteiger charge is 2.20. The van der Waals surface area contributed by atoms with Gasteiger partial charge in [-0.1, -0.05) is 19.1 Å². The van der Waals surface area contributed by atoms with Gasteiger partial charge in [-0.2, -0.15) is 5.10 Å². The van der Waals surface area contributed by atoms with Gasteiger partial charge in [-0.15, -0.1) is 11.3 Å². The monoisotopic (exact) mass is 325 g/mol. The summed E-state index contributed by atoms with van der Waals surface area (Å²) < 4.78 is 0. The number of hydrogen-bond donors (Lipinski definition) is 1. The lowest BCUT2D eigenvalue weighted by Crippen LogP contribution is -2.30. The minimum absolute atomic E-state index is 0.0715. The summed E-state index contributed by atoms with van der Waals surface area (Å²) in [6, 6.07) is 14.0. The van der Waals surface area contributed by atoms with Crippen molar-refractivity contribution in [2.75, 3.05) is 4.90 Å². The third kappa shape index (κ3) is 3.51. The third-order valence-electron chi connectivity index (χ3n) is 3.74. The standard InChI is InChI=1S/C18H19N3OS/c1-3-14-5-7-15(8-6-14)21(12-16-9-4-13(2)23-16)18(22)17-10-11-19-20-17/h4-11H,3,12H2,1-2H3,(H,19,20). The van der Waals surface area contributed by atoms with Crippen molar-refractivity contribution in [3.8, 4) is 0 Å². The van der Waals surface area contributed by atoms with E-state index in [1.807, 2.05) is 12.1 Å². The van der Waals surface area contributed by atoms with Crippen LogP contribution in [-0.4, -0.2) is 16.1 Å². The molecule has 0 spiro atoms. The molecule has 4 nitrogen and oxygen atoms in total. The Kier molecular flexibility index (Phi) is 4.57. The summed E-state index contributed by atoms with van der Waals surface area (Å²) in [5.41, 5.74) is 2.65. The molecule has 3 rings (SSSR count). The van der Waals surface area contributed by atoms with Gasteiger partial charge in [0.05, 0.1) is 6.54 Å². The molecule has 0 saturated heterocycles. The Labute approximate surface area is 139 Å². The molecule has 2 heterocycles. The smallest absolute Gasteiger partial charge is 0.276 e. The number of anilines is 1. The fourth-order valence-corrected chi connectivity index (χ4v) is 3.32. The quantitative estimate of drug-likeness (QED) is 0.764. The van der Waals surface area contributed by atoms with E-state index in [4.69, 9.17) is 0 Å². The Balaban J connectivity index is 1.93. The largest absolute Gasteiger partial charge is 0.302 e. The van der Waals surface area contributed by atoms with Gasteiger partial charge in [0.25, 0.3) is 5.91 Å². The number of carbonyl (C=O) groups excluding carboxylic acids is 1. The van der Waals surface area contributed by atoms with Crippen LogP contribution in [0.4, 0.5) is 5.69 Å². The average Bonchev–Trinajstić information content (AvgIpc) is 3.24. The van der Waals surface area contributed by atoms with Crippen molar-refractivity contribution in [1.82, 2.24) is 10.2 Å². The van der Waals surface area contributed by atoms with Gasteiger partial charge in [0.1, 0.15) is 5.69 Å². The molecular formula is C18H19N3OS. The molecule has 0 fully saturated rings. The Morgan fingerprint density at radius 1 is 1.17 bits per heavy atom. The van der Waals surface area contributed by atoms with E-state index in [-0.39, 0.29) is 5.91 Å². The molecule has 0 aliphatic carbocycles. The maximum atomic E-state index is 12.8. The molecule has 0 unspecified atom stereocenters. The van der Waals surface area contributed by atoms with E-state index in [9.17, 15) is 4.79 Å². The van der Waals surface area contributed by atoms with Crippen molar-refractivity contribution >= 4 is 22.9 Å². The molecule has 0 saturated carbocycles. The van der Waals surface area contributed by atoms with Gasteiger partial charge in [-0.05, 0) is 49.2 Å². The van der Waals surface area contributed by atoms with E-state index in [0.717, 1.165) is 17.0 Å². The minimum atomic E-state index is -0.0715. The molecule has 2 aromatic heterocycles. The van der Waals surface area contributed by atoms with Crippen LogP contribution in [0, 0.1) is 6.92 Å². The minimum Gasteiger partial charge on any atom is -0.302 e. The normalized spacial score (nSPS) is 10.7. The molecule has 1 N–H and O–H groups in total. The van der Waals surface area contributed by atoms with Gasteiger partial charge in [0.2, 0.25) is 0 Å². The number of benzene rings is 1. The molecule has 0 radical (unpaired) electrons. The summed E-state index contributed by atoms with van der Waals surface area (Å²) in [6.07, 6.45) is 2.58. The lowest BCUT2D eigenvalue weighted by Gasteiger charge is -2.22. The number of carbonyl (C=O) groups is 1.